The molecule has 0 atom stereocenters. The Morgan fingerprint density at radius 3 is 2.83 bits per heavy atom. The minimum atomic E-state index is -0.112. The van der Waals surface area contributed by atoms with Crippen molar-refractivity contribution in [2.45, 2.75) is 33.2 Å². The first-order chi connectivity index (χ1) is 8.54. The number of anilines is 1. The predicted molar refractivity (Wildman–Crippen MR) is 75.3 cm³/mol. The van der Waals surface area contributed by atoms with Gasteiger partial charge in [0.15, 0.2) is 0 Å². The van der Waals surface area contributed by atoms with Gasteiger partial charge in [0, 0.05) is 21.7 Å². The lowest BCUT2D eigenvalue weighted by Gasteiger charge is -2.08. The highest BCUT2D eigenvalue weighted by Gasteiger charge is 2.05. The lowest BCUT2D eigenvalue weighted by Crippen LogP contribution is -2.14. The molecule has 2 heterocycles. The maximum Gasteiger partial charge on any atom is 0.252 e. The van der Waals surface area contributed by atoms with Crippen molar-refractivity contribution in [2.24, 2.45) is 0 Å². The van der Waals surface area contributed by atoms with E-state index in [0.717, 1.165) is 0 Å². The van der Waals surface area contributed by atoms with E-state index in [4.69, 9.17) is 0 Å². The molecule has 0 radical (unpaired) electrons. The van der Waals surface area contributed by atoms with Crippen molar-refractivity contribution in [1.29, 1.82) is 0 Å². The monoisotopic (exact) mass is 263 g/mol. The summed E-state index contributed by atoms with van der Waals surface area (Å²) in [6.07, 6.45) is 0. The smallest absolute Gasteiger partial charge is 0.252 e. The Bertz CT molecular complexity index is 586. The molecule has 18 heavy (non-hydrogen) atoms. The quantitative estimate of drug-likeness (QED) is 0.891. The normalized spacial score (nSPS) is 10.9. The van der Waals surface area contributed by atoms with Crippen LogP contribution in [0.2, 0.25) is 0 Å². The third kappa shape index (κ3) is 3.20. The summed E-state index contributed by atoms with van der Waals surface area (Å²) in [7, 11) is 0. The number of nitrogens with zero attached hydrogens (tertiary/aromatic N) is 1. The van der Waals surface area contributed by atoms with Crippen LogP contribution in [0.3, 0.4) is 0 Å². The van der Waals surface area contributed by atoms with Gasteiger partial charge in [-0.05, 0) is 19.1 Å². The van der Waals surface area contributed by atoms with Gasteiger partial charge in [-0.3, -0.25) is 4.79 Å². The Balaban J connectivity index is 2.11. The van der Waals surface area contributed by atoms with Gasteiger partial charge in [-0.2, -0.15) is 0 Å². The molecule has 4 nitrogen and oxygen atoms in total. The zero-order chi connectivity index (χ0) is 13.1. The van der Waals surface area contributed by atoms with Crippen molar-refractivity contribution in [3.8, 4) is 0 Å². The van der Waals surface area contributed by atoms with Crippen LogP contribution in [0.4, 0.5) is 5.82 Å². The van der Waals surface area contributed by atoms with Crippen molar-refractivity contribution in [1.82, 2.24) is 9.97 Å². The molecule has 0 aliphatic heterocycles. The number of aromatic amines is 1. The standard InChI is InChI=1S/C13H17N3OS/c1-8(2)13-15-11(6-12(17)16-13)14-7-10-5-4-9(3)18-10/h4-6,8H,7H2,1-3H3,(H2,14,15,16,17). The molecule has 0 saturated carbocycles. The molecule has 0 fully saturated rings. The highest BCUT2D eigenvalue weighted by Crippen LogP contribution is 2.16. The Morgan fingerprint density at radius 2 is 2.22 bits per heavy atom. The Morgan fingerprint density at radius 1 is 1.44 bits per heavy atom. The largest absolute Gasteiger partial charge is 0.365 e. The van der Waals surface area contributed by atoms with E-state index in [1.807, 2.05) is 13.8 Å². The average molecular weight is 263 g/mol. The van der Waals surface area contributed by atoms with E-state index in [9.17, 15) is 4.79 Å². The molecule has 0 aliphatic carbocycles. The summed E-state index contributed by atoms with van der Waals surface area (Å²) < 4.78 is 0. The van der Waals surface area contributed by atoms with Crippen molar-refractivity contribution >= 4 is 17.2 Å². The van der Waals surface area contributed by atoms with Crippen molar-refractivity contribution in [3.63, 3.8) is 0 Å². The maximum absolute atomic E-state index is 11.5. The van der Waals surface area contributed by atoms with Crippen LogP contribution in [0, 0.1) is 6.92 Å². The van der Waals surface area contributed by atoms with Crippen molar-refractivity contribution < 1.29 is 0 Å². The van der Waals surface area contributed by atoms with E-state index in [1.165, 1.54) is 15.8 Å². The van der Waals surface area contributed by atoms with E-state index >= 15 is 0 Å². The van der Waals surface area contributed by atoms with Crippen LogP contribution >= 0.6 is 11.3 Å². The SMILES string of the molecule is Cc1ccc(CNc2cc(=O)[nH]c(C(C)C)n2)s1. The van der Waals surface area contributed by atoms with Gasteiger partial charge < -0.3 is 10.3 Å². The molecule has 0 bridgehead atoms. The summed E-state index contributed by atoms with van der Waals surface area (Å²) in [6.45, 7) is 6.79. The van der Waals surface area contributed by atoms with Crippen LogP contribution < -0.4 is 10.9 Å². The van der Waals surface area contributed by atoms with Gasteiger partial charge in [0.2, 0.25) is 0 Å². The van der Waals surface area contributed by atoms with Crippen molar-refractivity contribution in [2.75, 3.05) is 5.32 Å². The van der Waals surface area contributed by atoms with E-state index in [-0.39, 0.29) is 11.5 Å². The van der Waals surface area contributed by atoms with Gasteiger partial charge >= 0.3 is 0 Å². The number of nitrogens with one attached hydrogen (secondary N) is 2. The molecular formula is C13H17N3OS. The predicted octanol–water partition coefficient (Wildman–Crippen LogP) is 2.88. The van der Waals surface area contributed by atoms with Crippen molar-refractivity contribution in [3.05, 3.63) is 44.1 Å². The lowest BCUT2D eigenvalue weighted by molar-refractivity contribution is 0.767. The highest BCUT2D eigenvalue weighted by molar-refractivity contribution is 7.11. The van der Waals surface area contributed by atoms with E-state index in [1.54, 1.807) is 11.3 Å². The van der Waals surface area contributed by atoms with Gasteiger partial charge in [-0.1, -0.05) is 13.8 Å². The summed E-state index contributed by atoms with van der Waals surface area (Å²) in [5.74, 6) is 1.56. The first-order valence-corrected chi connectivity index (χ1v) is 6.76. The van der Waals surface area contributed by atoms with Gasteiger partial charge in [-0.15, -0.1) is 11.3 Å². The summed E-state index contributed by atoms with van der Waals surface area (Å²) in [5, 5.41) is 3.19. The summed E-state index contributed by atoms with van der Waals surface area (Å²) >= 11 is 1.75. The Labute approximate surface area is 110 Å². The molecule has 0 amide bonds. The highest BCUT2D eigenvalue weighted by atomic mass is 32.1. The third-order valence-electron chi connectivity index (χ3n) is 2.55. The van der Waals surface area contributed by atoms with Crippen LogP contribution in [0.25, 0.3) is 0 Å². The molecule has 2 rings (SSSR count). The molecule has 0 aromatic carbocycles. The number of aryl methyl sites for hydroxylation is 1. The van der Waals surface area contributed by atoms with Crippen LogP contribution in [0.1, 0.15) is 35.3 Å². The lowest BCUT2D eigenvalue weighted by atomic mass is 10.2. The van der Waals surface area contributed by atoms with Gasteiger partial charge in [-0.25, -0.2) is 4.98 Å². The van der Waals surface area contributed by atoms with Gasteiger partial charge in [0.1, 0.15) is 11.6 Å². The fourth-order valence-electron chi connectivity index (χ4n) is 1.60. The summed E-state index contributed by atoms with van der Waals surface area (Å²) in [6, 6.07) is 5.67. The van der Waals surface area contributed by atoms with Crippen LogP contribution in [-0.2, 0) is 6.54 Å². The number of aromatic nitrogens is 2. The third-order valence-corrected chi connectivity index (χ3v) is 3.55. The molecule has 2 N–H and O–H groups in total. The number of thiophene rings is 1. The van der Waals surface area contributed by atoms with E-state index in [2.05, 4.69) is 34.3 Å². The molecule has 0 spiro atoms. The average Bonchev–Trinajstić information content (AvgIpc) is 2.72. The van der Waals surface area contributed by atoms with Crippen LogP contribution in [0.15, 0.2) is 23.0 Å². The molecule has 2 aromatic heterocycles. The Kier molecular flexibility index (Phi) is 3.81. The fourth-order valence-corrected chi connectivity index (χ4v) is 2.43. The number of H-pyrrole nitrogens is 1. The second-order valence-corrected chi connectivity index (χ2v) is 5.91. The second-order valence-electron chi connectivity index (χ2n) is 4.54. The molecule has 0 aliphatic rings. The number of rotatable bonds is 4. The Hall–Kier alpha value is -1.62. The summed E-state index contributed by atoms with van der Waals surface area (Å²) in [4.78, 5) is 21.2. The fraction of sp³-hybridized carbons (Fsp3) is 0.385. The molecular weight excluding hydrogens is 246 g/mol. The topological polar surface area (TPSA) is 57.8 Å². The molecule has 5 heteroatoms. The molecule has 0 unspecified atom stereocenters. The first-order valence-electron chi connectivity index (χ1n) is 5.95. The number of hydrogen-bond acceptors (Lipinski definition) is 4. The molecule has 0 saturated heterocycles. The van der Waals surface area contributed by atoms with E-state index in [0.29, 0.717) is 18.2 Å². The first kappa shape index (κ1) is 12.8. The minimum absolute atomic E-state index is 0.112. The zero-order valence-electron chi connectivity index (χ0n) is 10.8. The number of hydrogen-bond donors (Lipinski definition) is 2. The summed E-state index contributed by atoms with van der Waals surface area (Å²) in [5.41, 5.74) is -0.112. The van der Waals surface area contributed by atoms with Crippen LogP contribution in [-0.4, -0.2) is 9.97 Å². The maximum atomic E-state index is 11.5. The zero-order valence-corrected chi connectivity index (χ0v) is 11.6. The van der Waals surface area contributed by atoms with Gasteiger partial charge in [0.25, 0.3) is 5.56 Å². The second kappa shape index (κ2) is 5.35. The molecule has 96 valence electrons. The molecule has 2 aromatic rings. The van der Waals surface area contributed by atoms with Crippen LogP contribution in [0.5, 0.6) is 0 Å². The minimum Gasteiger partial charge on any atom is -0.365 e. The van der Waals surface area contributed by atoms with E-state index < -0.39 is 0 Å². The van der Waals surface area contributed by atoms with Gasteiger partial charge in [0.05, 0.1) is 6.54 Å².